The number of hydrogen-bond acceptors (Lipinski definition) is 5. The van der Waals surface area contributed by atoms with Crippen molar-refractivity contribution < 1.29 is 18.8 Å². The number of carbonyl (C=O) groups is 1. The molecular formula is C12H11FN2O4. The normalized spacial score (nSPS) is 13.2. The van der Waals surface area contributed by atoms with E-state index in [-0.39, 0.29) is 17.7 Å². The third-order valence-corrected chi connectivity index (χ3v) is 2.51. The first-order valence-electron chi connectivity index (χ1n) is 5.39. The van der Waals surface area contributed by atoms with E-state index in [1.165, 1.54) is 6.92 Å². The van der Waals surface area contributed by atoms with Gasteiger partial charge in [-0.25, -0.2) is 9.18 Å². The molecule has 0 aliphatic rings. The number of nitriles is 1. The smallest absolute Gasteiger partial charge is 0.348 e. The largest absolute Gasteiger partial charge is 0.463 e. The Kier molecular flexibility index (Phi) is 4.17. The van der Waals surface area contributed by atoms with Gasteiger partial charge in [0.2, 0.25) is 5.67 Å². The first kappa shape index (κ1) is 14.6. The van der Waals surface area contributed by atoms with Gasteiger partial charge in [-0.2, -0.15) is 5.26 Å². The molecule has 6 nitrogen and oxygen atoms in total. The van der Waals surface area contributed by atoms with E-state index in [2.05, 4.69) is 4.74 Å². The standard InChI is InChI=1S/C12H11FN2O4/c1-3-19-11(16)12(2,13)9-4-5-10(15(17)18)8(6-9)7-14/h4-6H,3H2,1-2H3. The van der Waals surface area contributed by atoms with Crippen molar-refractivity contribution in [3.63, 3.8) is 0 Å². The molecule has 0 radical (unpaired) electrons. The summed E-state index contributed by atoms with van der Waals surface area (Å²) in [5, 5.41) is 19.5. The van der Waals surface area contributed by atoms with Crippen LogP contribution in [0.3, 0.4) is 0 Å². The maximum atomic E-state index is 14.3. The van der Waals surface area contributed by atoms with Crippen molar-refractivity contribution >= 4 is 11.7 Å². The predicted molar refractivity (Wildman–Crippen MR) is 62.9 cm³/mol. The fourth-order valence-electron chi connectivity index (χ4n) is 1.46. The summed E-state index contributed by atoms with van der Waals surface area (Å²) in [4.78, 5) is 21.4. The van der Waals surface area contributed by atoms with Crippen molar-refractivity contribution in [3.8, 4) is 6.07 Å². The minimum absolute atomic E-state index is 0.0103. The second-order valence-electron chi connectivity index (χ2n) is 3.82. The molecule has 1 rings (SSSR count). The lowest BCUT2D eigenvalue weighted by Crippen LogP contribution is -2.29. The summed E-state index contributed by atoms with van der Waals surface area (Å²) in [5.74, 6) is -1.10. The summed E-state index contributed by atoms with van der Waals surface area (Å²) in [7, 11) is 0. The van der Waals surface area contributed by atoms with Gasteiger partial charge in [-0.3, -0.25) is 10.1 Å². The fourth-order valence-corrected chi connectivity index (χ4v) is 1.46. The van der Waals surface area contributed by atoms with Gasteiger partial charge in [-0.1, -0.05) is 0 Å². The van der Waals surface area contributed by atoms with Crippen molar-refractivity contribution in [3.05, 3.63) is 39.4 Å². The van der Waals surface area contributed by atoms with E-state index >= 15 is 0 Å². The number of rotatable bonds is 4. The quantitative estimate of drug-likeness (QED) is 0.473. The monoisotopic (exact) mass is 266 g/mol. The molecule has 0 amide bonds. The van der Waals surface area contributed by atoms with E-state index in [1.54, 1.807) is 6.07 Å². The second-order valence-corrected chi connectivity index (χ2v) is 3.82. The van der Waals surface area contributed by atoms with Crippen molar-refractivity contribution in [1.82, 2.24) is 0 Å². The number of nitrogens with zero attached hydrogens (tertiary/aromatic N) is 2. The molecule has 0 spiro atoms. The van der Waals surface area contributed by atoms with E-state index < -0.39 is 22.2 Å². The Morgan fingerprint density at radius 1 is 1.63 bits per heavy atom. The number of nitro benzene ring substituents is 1. The van der Waals surface area contributed by atoms with E-state index in [0.29, 0.717) is 0 Å². The van der Waals surface area contributed by atoms with Gasteiger partial charge in [0.1, 0.15) is 11.6 Å². The van der Waals surface area contributed by atoms with Gasteiger partial charge in [0.05, 0.1) is 11.5 Å². The molecule has 1 atom stereocenters. The summed E-state index contributed by atoms with van der Waals surface area (Å²) in [6.07, 6.45) is 0. The third-order valence-electron chi connectivity index (χ3n) is 2.51. The Morgan fingerprint density at radius 3 is 2.74 bits per heavy atom. The lowest BCUT2D eigenvalue weighted by molar-refractivity contribution is -0.385. The highest BCUT2D eigenvalue weighted by Gasteiger charge is 2.37. The first-order chi connectivity index (χ1) is 8.84. The maximum Gasteiger partial charge on any atom is 0.348 e. The van der Waals surface area contributed by atoms with Crippen LogP contribution in [0.15, 0.2) is 18.2 Å². The molecule has 0 bridgehead atoms. The Bertz CT molecular complexity index is 563. The molecule has 19 heavy (non-hydrogen) atoms. The Balaban J connectivity index is 3.27. The molecular weight excluding hydrogens is 255 g/mol. The molecule has 0 aromatic heterocycles. The average molecular weight is 266 g/mol. The number of ether oxygens (including phenoxy) is 1. The molecule has 0 fully saturated rings. The summed E-state index contributed by atoms with van der Waals surface area (Å²) in [6, 6.07) is 4.67. The van der Waals surface area contributed by atoms with Crippen LogP contribution in [0.1, 0.15) is 25.0 Å². The Hall–Kier alpha value is -2.49. The minimum atomic E-state index is -2.46. The molecule has 0 saturated heterocycles. The van der Waals surface area contributed by atoms with Gasteiger partial charge >= 0.3 is 5.97 Å². The Morgan fingerprint density at radius 2 is 2.26 bits per heavy atom. The van der Waals surface area contributed by atoms with Crippen LogP contribution in [0.5, 0.6) is 0 Å². The molecule has 1 aromatic carbocycles. The molecule has 0 N–H and O–H groups in total. The molecule has 0 aliphatic heterocycles. The number of esters is 1. The summed E-state index contributed by atoms with van der Waals surface area (Å²) >= 11 is 0. The first-order valence-corrected chi connectivity index (χ1v) is 5.39. The molecule has 1 aromatic rings. The maximum absolute atomic E-state index is 14.3. The van der Waals surface area contributed by atoms with Gasteiger partial charge in [-0.05, 0) is 26.0 Å². The van der Waals surface area contributed by atoms with Crippen molar-refractivity contribution in [1.29, 1.82) is 5.26 Å². The van der Waals surface area contributed by atoms with E-state index in [1.807, 2.05) is 0 Å². The summed E-state index contributed by atoms with van der Waals surface area (Å²) in [6.45, 7) is 2.52. The lowest BCUT2D eigenvalue weighted by Gasteiger charge is -2.18. The molecule has 0 heterocycles. The number of halogens is 1. The van der Waals surface area contributed by atoms with Crippen molar-refractivity contribution in [2.75, 3.05) is 6.61 Å². The van der Waals surface area contributed by atoms with Crippen LogP contribution in [0, 0.1) is 21.4 Å². The average Bonchev–Trinajstić information content (AvgIpc) is 2.37. The number of nitro groups is 1. The van der Waals surface area contributed by atoms with Gasteiger partial charge in [0.15, 0.2) is 0 Å². The van der Waals surface area contributed by atoms with Gasteiger partial charge < -0.3 is 4.74 Å². The Labute approximate surface area is 108 Å². The van der Waals surface area contributed by atoms with Crippen LogP contribution in [-0.4, -0.2) is 17.5 Å². The van der Waals surface area contributed by atoms with E-state index in [4.69, 9.17) is 5.26 Å². The van der Waals surface area contributed by atoms with Gasteiger partial charge in [0.25, 0.3) is 5.69 Å². The number of alkyl halides is 1. The van der Waals surface area contributed by atoms with E-state index in [0.717, 1.165) is 25.1 Å². The lowest BCUT2D eigenvalue weighted by atomic mass is 9.95. The van der Waals surface area contributed by atoms with Gasteiger partial charge in [0, 0.05) is 11.6 Å². The number of benzene rings is 1. The summed E-state index contributed by atoms with van der Waals surface area (Å²) < 4.78 is 18.9. The topological polar surface area (TPSA) is 93.2 Å². The van der Waals surface area contributed by atoms with Crippen LogP contribution in [-0.2, 0) is 15.2 Å². The minimum Gasteiger partial charge on any atom is -0.463 e. The van der Waals surface area contributed by atoms with Crippen LogP contribution >= 0.6 is 0 Å². The highest BCUT2D eigenvalue weighted by Crippen LogP contribution is 2.30. The van der Waals surface area contributed by atoms with Crippen molar-refractivity contribution in [2.45, 2.75) is 19.5 Å². The molecule has 0 saturated carbocycles. The zero-order chi connectivity index (χ0) is 14.6. The number of hydrogen-bond donors (Lipinski definition) is 0. The zero-order valence-corrected chi connectivity index (χ0v) is 10.3. The summed E-state index contributed by atoms with van der Waals surface area (Å²) in [5.41, 5.74) is -3.37. The van der Waals surface area contributed by atoms with Crippen LogP contribution in [0.2, 0.25) is 0 Å². The van der Waals surface area contributed by atoms with Crippen LogP contribution in [0.4, 0.5) is 10.1 Å². The van der Waals surface area contributed by atoms with Gasteiger partial charge in [-0.15, -0.1) is 0 Å². The SMILES string of the molecule is CCOC(=O)C(C)(F)c1ccc([N+](=O)[O-])c(C#N)c1. The molecule has 0 aliphatic carbocycles. The second kappa shape index (κ2) is 5.44. The molecule has 7 heteroatoms. The predicted octanol–water partition coefficient (Wildman–Crippen LogP) is 2.21. The highest BCUT2D eigenvalue weighted by atomic mass is 19.1. The van der Waals surface area contributed by atoms with E-state index in [9.17, 15) is 19.3 Å². The van der Waals surface area contributed by atoms with Crippen LogP contribution in [0.25, 0.3) is 0 Å². The highest BCUT2D eigenvalue weighted by molar-refractivity contribution is 5.81. The zero-order valence-electron chi connectivity index (χ0n) is 10.3. The fraction of sp³-hybridized carbons (Fsp3) is 0.333. The third kappa shape index (κ3) is 2.85. The molecule has 100 valence electrons. The van der Waals surface area contributed by atoms with Crippen molar-refractivity contribution in [2.24, 2.45) is 0 Å². The van der Waals surface area contributed by atoms with Crippen LogP contribution < -0.4 is 0 Å². The number of carbonyl (C=O) groups excluding carboxylic acids is 1. The molecule has 1 unspecified atom stereocenters.